The second-order valence-corrected chi connectivity index (χ2v) is 15.8. The number of fused-ring (bicyclic) bond motifs is 4. The summed E-state index contributed by atoms with van der Waals surface area (Å²) >= 11 is -0.982. The smallest absolute Gasteiger partial charge is 0.493 e. The highest BCUT2D eigenvalue weighted by Gasteiger charge is 2.51. The summed E-state index contributed by atoms with van der Waals surface area (Å²) in [6, 6.07) is 9.10. The van der Waals surface area contributed by atoms with Crippen LogP contribution in [0.15, 0.2) is 66.7 Å². The van der Waals surface area contributed by atoms with E-state index in [1.807, 2.05) is 0 Å². The van der Waals surface area contributed by atoms with Crippen LogP contribution < -0.4 is 33.3 Å². The lowest BCUT2D eigenvalue weighted by Gasteiger charge is -2.22. The van der Waals surface area contributed by atoms with Gasteiger partial charge < -0.3 is 33.8 Å². The third-order valence-corrected chi connectivity index (χ3v) is 11.7. The first-order valence-corrected chi connectivity index (χ1v) is 20.2. The number of alkyl halides is 3. The van der Waals surface area contributed by atoms with E-state index < -0.39 is 75.9 Å². The number of nitrogen functional groups attached to an aromatic ring is 1. The van der Waals surface area contributed by atoms with Crippen LogP contribution >= 0.6 is 24.7 Å². The molecule has 3 aromatic rings. The number of hydrogen-bond donors (Lipinski definition) is 1. The Balaban J connectivity index is 1.06. The highest BCUT2D eigenvalue weighted by atomic mass is 32.2. The predicted octanol–water partition coefficient (Wildman–Crippen LogP) is 6.07. The lowest BCUT2D eigenvalue weighted by atomic mass is 10.0. The van der Waals surface area contributed by atoms with Gasteiger partial charge in [0.25, 0.3) is 23.6 Å². The van der Waals surface area contributed by atoms with Crippen molar-refractivity contribution in [3.05, 3.63) is 83.4 Å². The molecule has 0 saturated carbocycles. The zero-order valence-electron chi connectivity index (χ0n) is 30.9. The molecule has 0 aliphatic carbocycles. The van der Waals surface area contributed by atoms with Crippen molar-refractivity contribution < 1.29 is 71.7 Å². The minimum Gasteiger partial charge on any atom is -0.493 e. The number of benzene rings is 3. The average molecular weight is 900 g/mol. The van der Waals surface area contributed by atoms with Gasteiger partial charge in [-0.1, -0.05) is 12.1 Å². The Kier molecular flexibility index (Phi) is 11.5. The molecule has 7 rings (SSSR count). The monoisotopic (exact) mass is 899 g/mol. The molecule has 4 aliphatic rings. The first-order chi connectivity index (χ1) is 28.5. The molecule has 0 aromatic heterocycles. The molecular formula is C36H30F5N5O11S3. The van der Waals surface area contributed by atoms with E-state index in [1.165, 1.54) is 31.3 Å². The number of carbonyl (C=O) groups excluding carboxylic acids is 4. The van der Waals surface area contributed by atoms with E-state index in [0.29, 0.717) is 26.7 Å². The molecule has 0 fully saturated rings. The van der Waals surface area contributed by atoms with Gasteiger partial charge >= 0.3 is 15.6 Å². The SMILES string of the molecule is COc1cc2c(cc1OCCCOc1cc3c(cc1OC)C(=O)N1C=C(c4ccc(N)cc4)CC1C(=O)N3SF)N(SF)C(=O)C1CC(OS(=O)(=O)C(F)(F)F)=CN1C2=O. The number of amides is 4. The van der Waals surface area contributed by atoms with Gasteiger partial charge in [-0.05, 0) is 35.4 Å². The number of nitrogens with two attached hydrogens (primary N) is 1. The molecule has 3 aromatic carbocycles. The molecule has 0 bridgehead atoms. The van der Waals surface area contributed by atoms with Crippen molar-refractivity contribution in [3.8, 4) is 23.0 Å². The fraction of sp³-hybridized carbons (Fsp3) is 0.278. The topological polar surface area (TPSA) is 188 Å². The minimum absolute atomic E-state index is 0.0225. The molecule has 24 heteroatoms. The Morgan fingerprint density at radius 2 is 1.22 bits per heavy atom. The van der Waals surface area contributed by atoms with Gasteiger partial charge in [-0.2, -0.15) is 21.6 Å². The fourth-order valence-electron chi connectivity index (χ4n) is 6.82. The van der Waals surface area contributed by atoms with Crippen LogP contribution in [0.1, 0.15) is 45.5 Å². The van der Waals surface area contributed by atoms with Gasteiger partial charge in [-0.25, -0.2) is 8.61 Å². The summed E-state index contributed by atoms with van der Waals surface area (Å²) in [6.45, 7) is -0.182. The zero-order valence-corrected chi connectivity index (χ0v) is 33.4. The Morgan fingerprint density at radius 1 is 0.733 bits per heavy atom. The molecule has 4 heterocycles. The van der Waals surface area contributed by atoms with Crippen molar-refractivity contribution in [3.63, 3.8) is 0 Å². The van der Waals surface area contributed by atoms with Crippen LogP contribution in [0.4, 0.5) is 38.0 Å². The second kappa shape index (κ2) is 16.3. The van der Waals surface area contributed by atoms with E-state index in [-0.39, 0.29) is 83.9 Å². The molecule has 0 radical (unpaired) electrons. The van der Waals surface area contributed by atoms with Crippen LogP contribution in [0.25, 0.3) is 5.57 Å². The van der Waals surface area contributed by atoms with Gasteiger partial charge in [-0.3, -0.25) is 24.1 Å². The number of ether oxygens (including phenoxy) is 4. The number of halogens is 5. The van der Waals surface area contributed by atoms with Crippen LogP contribution in [-0.2, 0) is 23.9 Å². The van der Waals surface area contributed by atoms with Crippen LogP contribution in [0, 0.1) is 0 Å². The van der Waals surface area contributed by atoms with Crippen LogP contribution in [0.3, 0.4) is 0 Å². The average Bonchev–Trinajstić information content (AvgIpc) is 3.82. The van der Waals surface area contributed by atoms with Gasteiger partial charge in [0.05, 0.1) is 49.9 Å². The maximum absolute atomic E-state index is 14.5. The summed E-state index contributed by atoms with van der Waals surface area (Å²) in [6.07, 6.45) is 1.64. The molecule has 318 valence electrons. The molecule has 4 amide bonds. The summed E-state index contributed by atoms with van der Waals surface area (Å²) in [5.74, 6) is -4.23. The normalized spacial score (nSPS) is 18.9. The van der Waals surface area contributed by atoms with E-state index in [9.17, 15) is 48.5 Å². The van der Waals surface area contributed by atoms with E-state index in [0.717, 1.165) is 22.0 Å². The third-order valence-electron chi connectivity index (χ3n) is 9.68. The van der Waals surface area contributed by atoms with Crippen molar-refractivity contribution in [1.82, 2.24) is 9.80 Å². The first-order valence-electron chi connectivity index (χ1n) is 17.4. The predicted molar refractivity (Wildman–Crippen MR) is 206 cm³/mol. The van der Waals surface area contributed by atoms with E-state index >= 15 is 0 Å². The van der Waals surface area contributed by atoms with Crippen LogP contribution in [0.2, 0.25) is 0 Å². The fourth-order valence-corrected chi connectivity index (χ4v) is 8.14. The van der Waals surface area contributed by atoms with Crippen LogP contribution in [-0.4, -0.2) is 86.9 Å². The number of nitrogens with zero attached hydrogens (tertiary/aromatic N) is 4. The van der Waals surface area contributed by atoms with Crippen molar-refractivity contribution in [1.29, 1.82) is 0 Å². The highest BCUT2D eigenvalue weighted by molar-refractivity contribution is 7.96. The van der Waals surface area contributed by atoms with Gasteiger partial charge in [0.2, 0.25) is 0 Å². The van der Waals surface area contributed by atoms with E-state index in [4.69, 9.17) is 24.7 Å². The lowest BCUT2D eigenvalue weighted by Crippen LogP contribution is -2.41. The van der Waals surface area contributed by atoms with Crippen molar-refractivity contribution in [2.45, 2.75) is 36.9 Å². The van der Waals surface area contributed by atoms with Gasteiger partial charge in [0.1, 0.15) is 17.8 Å². The number of hydrogen-bond acceptors (Lipinski definition) is 14. The molecule has 4 aliphatic heterocycles. The molecule has 2 atom stereocenters. The Morgan fingerprint density at radius 3 is 1.68 bits per heavy atom. The lowest BCUT2D eigenvalue weighted by molar-refractivity contribution is -0.121. The number of carbonyl (C=O) groups is 4. The summed E-state index contributed by atoms with van der Waals surface area (Å²) in [7, 11) is -3.58. The number of rotatable bonds is 13. The maximum atomic E-state index is 14.5. The summed E-state index contributed by atoms with van der Waals surface area (Å²) in [5, 5.41) is 0. The molecule has 0 saturated heterocycles. The highest BCUT2D eigenvalue weighted by Crippen LogP contribution is 2.46. The standard InChI is InChI=1S/C36H30F5N5O11S3/c1-53-28-12-22-24(45(58-40)34(49)26-10-19(16-43(26)32(22)47)18-4-6-20(42)7-5-18)14-30(28)55-8-3-9-56-31-15-25-23(13-29(31)54-2)33(48)44-17-21(57-60(51,52)36(37,38)39)11-27(44)35(50)46(25)59-41/h4-7,12-17,26-27H,3,8-11,42H2,1-2H3. The second-order valence-electron chi connectivity index (χ2n) is 13.2. The first kappa shape index (κ1) is 42.3. The van der Waals surface area contributed by atoms with Crippen LogP contribution in [0.5, 0.6) is 23.0 Å². The van der Waals surface area contributed by atoms with Gasteiger partial charge in [0.15, 0.2) is 47.7 Å². The molecular weight excluding hydrogens is 870 g/mol. The largest absolute Gasteiger partial charge is 0.534 e. The van der Waals surface area contributed by atoms with Crippen molar-refractivity contribution in [2.24, 2.45) is 0 Å². The van der Waals surface area contributed by atoms with E-state index in [2.05, 4.69) is 4.18 Å². The van der Waals surface area contributed by atoms with Gasteiger partial charge in [0, 0.05) is 49.5 Å². The summed E-state index contributed by atoms with van der Waals surface area (Å²) in [5.41, 5.74) is 1.24. The molecule has 2 N–H and O–H groups in total. The Labute approximate surface area is 346 Å². The summed E-state index contributed by atoms with van der Waals surface area (Å²) < 4.78 is 119. The Bertz CT molecular complexity index is 2450. The maximum Gasteiger partial charge on any atom is 0.534 e. The van der Waals surface area contributed by atoms with Crippen molar-refractivity contribution in [2.75, 3.05) is 41.8 Å². The molecule has 0 spiro atoms. The zero-order chi connectivity index (χ0) is 43.3. The van der Waals surface area contributed by atoms with Gasteiger partial charge in [-0.15, -0.1) is 7.77 Å². The minimum atomic E-state index is -6.13. The van der Waals surface area contributed by atoms with E-state index in [1.54, 1.807) is 30.5 Å². The number of anilines is 3. The summed E-state index contributed by atoms with van der Waals surface area (Å²) in [4.78, 5) is 56.4. The molecule has 2 unspecified atom stereocenters. The molecule has 60 heavy (non-hydrogen) atoms. The number of methoxy groups -OCH3 is 2. The quantitative estimate of drug-likeness (QED) is 0.0520. The van der Waals surface area contributed by atoms with Crippen molar-refractivity contribution >= 4 is 81.0 Å². The molecule has 16 nitrogen and oxygen atoms in total. The third kappa shape index (κ3) is 7.57. The Hall–Kier alpha value is -5.88.